The van der Waals surface area contributed by atoms with E-state index in [0.29, 0.717) is 25.5 Å². The van der Waals surface area contributed by atoms with Crippen molar-refractivity contribution in [2.45, 2.75) is 6.54 Å². The smallest absolute Gasteiger partial charge is 0.293 e. The maximum atomic E-state index is 12.6. The summed E-state index contributed by atoms with van der Waals surface area (Å²) >= 11 is 10.2. The van der Waals surface area contributed by atoms with E-state index in [-0.39, 0.29) is 29.2 Å². The molecule has 0 bridgehead atoms. The molecule has 2 aromatic carbocycles. The maximum absolute atomic E-state index is 12.6. The van der Waals surface area contributed by atoms with Crippen LogP contribution >= 0.6 is 39.3 Å². The van der Waals surface area contributed by atoms with Crippen LogP contribution in [0.3, 0.4) is 0 Å². The van der Waals surface area contributed by atoms with Crippen LogP contribution in [0.4, 0.5) is 4.79 Å². The summed E-state index contributed by atoms with van der Waals surface area (Å²) in [5.74, 6) is -0.152. The number of hydrogen-bond donors (Lipinski definition) is 1. The summed E-state index contributed by atoms with van der Waals surface area (Å²) < 4.78 is 5.53. The lowest BCUT2D eigenvalue weighted by molar-refractivity contribution is -0.123. The summed E-state index contributed by atoms with van der Waals surface area (Å²) in [6.07, 6.45) is 1.59. The lowest BCUT2D eigenvalue weighted by atomic mass is 10.1. The average molecular weight is 455 g/mol. The van der Waals surface area contributed by atoms with Crippen molar-refractivity contribution in [2.75, 3.05) is 7.11 Å². The number of imide groups is 1. The van der Waals surface area contributed by atoms with Crippen LogP contribution in [0.2, 0.25) is 5.02 Å². The lowest BCUT2D eigenvalue weighted by Crippen LogP contribution is -2.27. The third-order valence-electron chi connectivity index (χ3n) is 3.73. The first-order chi connectivity index (χ1) is 12.4. The molecule has 8 heteroatoms. The number of aromatic hydroxyl groups is 1. The molecule has 0 unspecified atom stereocenters. The van der Waals surface area contributed by atoms with E-state index in [2.05, 4.69) is 15.9 Å². The molecule has 2 aromatic rings. The highest BCUT2D eigenvalue weighted by atomic mass is 79.9. The van der Waals surface area contributed by atoms with Crippen molar-refractivity contribution in [1.82, 2.24) is 4.90 Å². The van der Waals surface area contributed by atoms with E-state index in [4.69, 9.17) is 16.3 Å². The van der Waals surface area contributed by atoms with E-state index in [0.717, 1.165) is 16.7 Å². The van der Waals surface area contributed by atoms with Crippen molar-refractivity contribution in [3.63, 3.8) is 0 Å². The number of benzene rings is 2. The molecule has 0 radical (unpaired) electrons. The van der Waals surface area contributed by atoms with E-state index in [9.17, 15) is 14.7 Å². The predicted molar refractivity (Wildman–Crippen MR) is 105 cm³/mol. The number of carbonyl (C=O) groups is 2. The van der Waals surface area contributed by atoms with Gasteiger partial charge in [-0.1, -0.05) is 29.8 Å². The minimum atomic E-state index is -0.386. The maximum Gasteiger partial charge on any atom is 0.293 e. The van der Waals surface area contributed by atoms with Crippen LogP contribution in [0.1, 0.15) is 11.1 Å². The van der Waals surface area contributed by atoms with Crippen LogP contribution in [0, 0.1) is 0 Å². The first-order valence-electron chi connectivity index (χ1n) is 7.46. The highest BCUT2D eigenvalue weighted by Gasteiger charge is 2.35. The van der Waals surface area contributed by atoms with Gasteiger partial charge in [-0.15, -0.1) is 0 Å². The standard InChI is InChI=1S/C18H13BrClNO4S/c1-25-14-7-10(6-12(19)16(14)22)8-15-17(23)21(18(24)26-15)9-11-4-2-3-5-13(11)20/h2-8,22H,9H2,1H3/b15-8+. The molecular weight excluding hydrogens is 442 g/mol. The number of halogens is 2. The summed E-state index contributed by atoms with van der Waals surface area (Å²) in [7, 11) is 1.43. The Morgan fingerprint density at radius 1 is 1.31 bits per heavy atom. The second-order valence-corrected chi connectivity index (χ2v) is 7.67. The number of amides is 2. The van der Waals surface area contributed by atoms with Gasteiger partial charge in [0.1, 0.15) is 0 Å². The van der Waals surface area contributed by atoms with Crippen molar-refractivity contribution < 1.29 is 19.4 Å². The van der Waals surface area contributed by atoms with Gasteiger partial charge in [0.15, 0.2) is 11.5 Å². The van der Waals surface area contributed by atoms with Crippen molar-refractivity contribution >= 4 is 56.5 Å². The molecule has 1 aliphatic rings. The monoisotopic (exact) mass is 453 g/mol. The Morgan fingerprint density at radius 3 is 2.73 bits per heavy atom. The van der Waals surface area contributed by atoms with E-state index in [1.807, 2.05) is 0 Å². The zero-order chi connectivity index (χ0) is 18.8. The van der Waals surface area contributed by atoms with Crippen LogP contribution in [0.15, 0.2) is 45.8 Å². The number of methoxy groups -OCH3 is 1. The fourth-order valence-electron chi connectivity index (χ4n) is 2.42. The summed E-state index contributed by atoms with van der Waals surface area (Å²) in [5.41, 5.74) is 1.32. The number of carbonyl (C=O) groups excluding carboxylic acids is 2. The van der Waals surface area contributed by atoms with E-state index >= 15 is 0 Å². The van der Waals surface area contributed by atoms with Crippen molar-refractivity contribution in [2.24, 2.45) is 0 Å². The SMILES string of the molecule is COc1cc(/C=C2/SC(=O)N(Cc3ccccc3Cl)C2=O)cc(Br)c1O. The van der Waals surface area contributed by atoms with Gasteiger partial charge in [0.05, 0.1) is 23.0 Å². The number of ether oxygens (including phenoxy) is 1. The van der Waals surface area contributed by atoms with Crippen LogP contribution in [0.25, 0.3) is 6.08 Å². The zero-order valence-electron chi connectivity index (χ0n) is 13.5. The Bertz CT molecular complexity index is 931. The third kappa shape index (κ3) is 3.75. The second-order valence-electron chi connectivity index (χ2n) is 5.41. The van der Waals surface area contributed by atoms with Crippen LogP contribution in [-0.4, -0.2) is 28.3 Å². The number of phenolic OH excluding ortho intramolecular Hbond substituents is 1. The molecule has 2 amide bonds. The van der Waals surface area contributed by atoms with Gasteiger partial charge in [-0.05, 0) is 63.1 Å². The molecule has 1 aliphatic heterocycles. The molecule has 0 aliphatic carbocycles. The molecule has 134 valence electrons. The van der Waals surface area contributed by atoms with Gasteiger partial charge in [0, 0.05) is 5.02 Å². The minimum Gasteiger partial charge on any atom is -0.503 e. The first-order valence-corrected chi connectivity index (χ1v) is 9.44. The van der Waals surface area contributed by atoms with Crippen molar-refractivity contribution in [1.29, 1.82) is 0 Å². The summed E-state index contributed by atoms with van der Waals surface area (Å²) in [5, 5.41) is 10.0. The van der Waals surface area contributed by atoms with Gasteiger partial charge in [0.2, 0.25) is 0 Å². The van der Waals surface area contributed by atoms with Gasteiger partial charge in [-0.25, -0.2) is 0 Å². The number of hydrogen-bond acceptors (Lipinski definition) is 5. The predicted octanol–water partition coefficient (Wildman–Crippen LogP) is 5.05. The molecule has 0 atom stereocenters. The summed E-state index contributed by atoms with van der Waals surface area (Å²) in [6, 6.07) is 10.3. The van der Waals surface area contributed by atoms with E-state index in [1.54, 1.807) is 42.5 Å². The fourth-order valence-corrected chi connectivity index (χ4v) is 3.91. The zero-order valence-corrected chi connectivity index (χ0v) is 16.7. The Balaban J connectivity index is 1.88. The Morgan fingerprint density at radius 2 is 2.04 bits per heavy atom. The molecule has 1 saturated heterocycles. The molecule has 0 saturated carbocycles. The molecule has 1 heterocycles. The molecule has 3 rings (SSSR count). The Kier molecular flexibility index (Phi) is 5.60. The number of rotatable bonds is 4. The summed E-state index contributed by atoms with van der Waals surface area (Å²) in [4.78, 5) is 26.3. The first kappa shape index (κ1) is 18.8. The highest BCUT2D eigenvalue weighted by molar-refractivity contribution is 9.10. The average Bonchev–Trinajstić information content (AvgIpc) is 2.87. The minimum absolute atomic E-state index is 0.0310. The summed E-state index contributed by atoms with van der Waals surface area (Å²) in [6.45, 7) is 0.115. The number of thioether (sulfide) groups is 1. The van der Waals surface area contributed by atoms with E-state index in [1.165, 1.54) is 7.11 Å². The van der Waals surface area contributed by atoms with Gasteiger partial charge >= 0.3 is 0 Å². The molecular formula is C18H13BrClNO4S. The van der Waals surface area contributed by atoms with Crippen molar-refractivity contribution in [3.8, 4) is 11.5 Å². The van der Waals surface area contributed by atoms with E-state index < -0.39 is 0 Å². The number of nitrogens with zero attached hydrogens (tertiary/aromatic N) is 1. The van der Waals surface area contributed by atoms with Crippen LogP contribution in [0.5, 0.6) is 11.5 Å². The van der Waals surface area contributed by atoms with Gasteiger partial charge in [-0.2, -0.15) is 0 Å². The molecule has 0 spiro atoms. The Labute approximate surface area is 167 Å². The number of phenols is 1. The molecule has 1 N–H and O–H groups in total. The normalized spacial score (nSPS) is 15.8. The second kappa shape index (κ2) is 7.73. The quantitative estimate of drug-likeness (QED) is 0.655. The third-order valence-corrected chi connectivity index (χ3v) is 5.61. The highest BCUT2D eigenvalue weighted by Crippen LogP contribution is 2.38. The fraction of sp³-hybridized carbons (Fsp3) is 0.111. The van der Waals surface area contributed by atoms with Crippen LogP contribution < -0.4 is 4.74 Å². The van der Waals surface area contributed by atoms with Gasteiger partial charge < -0.3 is 9.84 Å². The molecule has 5 nitrogen and oxygen atoms in total. The lowest BCUT2D eigenvalue weighted by Gasteiger charge is -2.13. The Hall–Kier alpha value is -1.96. The van der Waals surface area contributed by atoms with Gasteiger partial charge in [0.25, 0.3) is 11.1 Å². The van der Waals surface area contributed by atoms with Crippen LogP contribution in [-0.2, 0) is 11.3 Å². The van der Waals surface area contributed by atoms with Gasteiger partial charge in [-0.3, -0.25) is 14.5 Å². The topological polar surface area (TPSA) is 66.8 Å². The largest absolute Gasteiger partial charge is 0.503 e. The molecule has 0 aromatic heterocycles. The molecule has 1 fully saturated rings. The van der Waals surface area contributed by atoms with Crippen molar-refractivity contribution in [3.05, 3.63) is 61.9 Å². The molecule has 26 heavy (non-hydrogen) atoms.